The zero-order valence-corrected chi connectivity index (χ0v) is 18.4. The average Bonchev–Trinajstić information content (AvgIpc) is 2.78. The molecule has 6 rings (SSSR count). The van der Waals surface area contributed by atoms with Gasteiger partial charge >= 0.3 is 0 Å². The molecule has 3 heterocycles. The van der Waals surface area contributed by atoms with Crippen LogP contribution in [0.5, 0.6) is 0 Å². The van der Waals surface area contributed by atoms with Crippen molar-refractivity contribution in [1.82, 2.24) is 0 Å². The highest BCUT2D eigenvalue weighted by molar-refractivity contribution is 8.03. The Balaban J connectivity index is 1.77. The molecule has 0 unspecified atom stereocenters. The molecule has 5 aromatic rings. The van der Waals surface area contributed by atoms with Gasteiger partial charge in [-0.2, -0.15) is 0 Å². The molecule has 0 bridgehead atoms. The molecule has 2 nitrogen and oxygen atoms in total. The van der Waals surface area contributed by atoms with Gasteiger partial charge in [-0.3, -0.25) is 9.59 Å². The van der Waals surface area contributed by atoms with Gasteiger partial charge < -0.3 is 0 Å². The first kappa shape index (κ1) is 18.9. The van der Waals surface area contributed by atoms with E-state index in [1.165, 1.54) is 23.9 Å². The van der Waals surface area contributed by atoms with Crippen LogP contribution in [0, 0.1) is 5.82 Å². The number of hydrogen-bond acceptors (Lipinski definition) is 5. The predicted molar refractivity (Wildman–Crippen MR) is 128 cm³/mol. The zero-order valence-electron chi connectivity index (χ0n) is 15.9. The van der Waals surface area contributed by atoms with Crippen molar-refractivity contribution in [2.24, 2.45) is 0 Å². The Morgan fingerprint density at radius 1 is 0.677 bits per heavy atom. The molecule has 0 atom stereocenters. The van der Waals surface area contributed by atoms with Crippen molar-refractivity contribution >= 4 is 54.6 Å². The quantitative estimate of drug-likeness (QED) is 0.277. The van der Waals surface area contributed by atoms with E-state index in [1.807, 2.05) is 48.5 Å². The summed E-state index contributed by atoms with van der Waals surface area (Å²) in [7, 11) is 0. The molecule has 0 aliphatic carbocycles. The second kappa shape index (κ2) is 7.12. The smallest absolute Gasteiger partial charge is 0.193 e. The van der Waals surface area contributed by atoms with E-state index in [1.54, 1.807) is 34.8 Å². The van der Waals surface area contributed by atoms with Crippen molar-refractivity contribution in [3.05, 3.63) is 116 Å². The fourth-order valence-electron chi connectivity index (χ4n) is 4.17. The number of benzene rings is 3. The number of halogens is 1. The van der Waals surface area contributed by atoms with E-state index >= 15 is 0 Å². The van der Waals surface area contributed by atoms with Gasteiger partial charge in [0.1, 0.15) is 5.82 Å². The van der Waals surface area contributed by atoms with Crippen LogP contribution in [-0.4, -0.2) is 0 Å². The summed E-state index contributed by atoms with van der Waals surface area (Å²) in [4.78, 5) is 27.3. The third kappa shape index (κ3) is 2.90. The number of rotatable bonds is 1. The molecule has 0 saturated heterocycles. The van der Waals surface area contributed by atoms with Crippen LogP contribution in [-0.2, 0) is 0 Å². The van der Waals surface area contributed by atoms with Crippen molar-refractivity contribution in [1.29, 1.82) is 0 Å². The number of hydrogen-bond donors (Lipinski definition) is 0. The molecule has 6 heteroatoms. The van der Waals surface area contributed by atoms with Crippen molar-refractivity contribution < 1.29 is 4.39 Å². The Hall–Kier alpha value is -2.80. The van der Waals surface area contributed by atoms with Crippen molar-refractivity contribution in [3.8, 4) is 0 Å². The molecule has 0 fully saturated rings. The summed E-state index contributed by atoms with van der Waals surface area (Å²) in [6.07, 6.45) is 0. The van der Waals surface area contributed by atoms with Gasteiger partial charge in [0.15, 0.2) is 10.9 Å². The fourth-order valence-corrected chi connectivity index (χ4v) is 8.38. The minimum Gasteiger partial charge on any atom is -0.289 e. The first-order chi connectivity index (χ1) is 15.1. The third-order valence-corrected chi connectivity index (χ3v) is 9.32. The predicted octanol–water partition coefficient (Wildman–Crippen LogP) is 6.62. The lowest BCUT2D eigenvalue weighted by atomic mass is 9.86. The van der Waals surface area contributed by atoms with Crippen LogP contribution in [0.2, 0.25) is 0 Å². The summed E-state index contributed by atoms with van der Waals surface area (Å²) in [5.74, 6) is -0.976. The van der Waals surface area contributed by atoms with Crippen LogP contribution in [0.3, 0.4) is 0 Å². The third-order valence-electron chi connectivity index (χ3n) is 5.54. The summed E-state index contributed by atoms with van der Waals surface area (Å²) < 4.78 is 17.8. The largest absolute Gasteiger partial charge is 0.289 e. The lowest BCUT2D eigenvalue weighted by Gasteiger charge is -2.27. The summed E-state index contributed by atoms with van der Waals surface area (Å²) in [5, 5.41) is 1.27. The van der Waals surface area contributed by atoms with E-state index in [2.05, 4.69) is 0 Å². The molecule has 3 aromatic carbocycles. The summed E-state index contributed by atoms with van der Waals surface area (Å²) in [6.45, 7) is 0. The monoisotopic (exact) mass is 460 g/mol. The number of fused-ring (bicyclic) bond motifs is 4. The molecule has 0 N–H and O–H groups in total. The Labute approximate surface area is 188 Å². The van der Waals surface area contributed by atoms with E-state index in [-0.39, 0.29) is 16.7 Å². The van der Waals surface area contributed by atoms with Crippen molar-refractivity contribution in [2.45, 2.75) is 14.3 Å². The Morgan fingerprint density at radius 3 is 1.77 bits per heavy atom. The zero-order chi connectivity index (χ0) is 21.1. The Morgan fingerprint density at radius 2 is 1.23 bits per heavy atom. The van der Waals surface area contributed by atoms with Crippen LogP contribution in [0.4, 0.5) is 4.39 Å². The normalized spacial score (nSPS) is 13.3. The average molecular weight is 461 g/mol. The Bertz CT molecular complexity index is 1540. The highest BCUT2D eigenvalue weighted by atomic mass is 32.2. The van der Waals surface area contributed by atoms with E-state index < -0.39 is 5.92 Å². The maximum Gasteiger partial charge on any atom is 0.193 e. The SMILES string of the molecule is O=c1c2c(sc3ccccc13)Sc1sc3ccccc3c(=O)c1C2c1cccc(F)c1. The van der Waals surface area contributed by atoms with Crippen LogP contribution in [0.1, 0.15) is 22.6 Å². The fraction of sp³-hybridized carbons (Fsp3) is 0.0400. The maximum absolute atomic E-state index is 14.2. The summed E-state index contributed by atoms with van der Waals surface area (Å²) in [5.41, 5.74) is 1.60. The molecular weight excluding hydrogens is 447 g/mol. The van der Waals surface area contributed by atoms with E-state index in [0.717, 1.165) is 17.8 Å². The van der Waals surface area contributed by atoms with Gasteiger partial charge in [-0.15, -0.1) is 22.7 Å². The molecule has 1 aliphatic rings. The van der Waals surface area contributed by atoms with Gasteiger partial charge in [-0.05, 0) is 42.0 Å². The lowest BCUT2D eigenvalue weighted by molar-refractivity contribution is 0.624. The molecule has 0 radical (unpaired) electrons. The molecule has 2 aromatic heterocycles. The van der Waals surface area contributed by atoms with Crippen molar-refractivity contribution in [3.63, 3.8) is 0 Å². The maximum atomic E-state index is 14.2. The van der Waals surface area contributed by atoms with Gasteiger partial charge in [-0.25, -0.2) is 4.39 Å². The summed E-state index contributed by atoms with van der Waals surface area (Å²) in [6, 6.07) is 21.3. The van der Waals surface area contributed by atoms with E-state index in [0.29, 0.717) is 27.5 Å². The topological polar surface area (TPSA) is 34.1 Å². The molecular formula is C25H13FO2S3. The molecule has 0 amide bonds. The van der Waals surface area contributed by atoms with Gasteiger partial charge in [0.05, 0.1) is 8.42 Å². The van der Waals surface area contributed by atoms with E-state index in [9.17, 15) is 14.0 Å². The highest BCUT2D eigenvalue weighted by Crippen LogP contribution is 2.51. The molecule has 1 aliphatic heterocycles. The van der Waals surface area contributed by atoms with Crippen molar-refractivity contribution in [2.75, 3.05) is 0 Å². The molecule has 0 saturated carbocycles. The minimum absolute atomic E-state index is 0.0886. The first-order valence-electron chi connectivity index (χ1n) is 9.66. The highest BCUT2D eigenvalue weighted by Gasteiger charge is 2.35. The van der Waals surface area contributed by atoms with Crippen LogP contribution >= 0.6 is 34.4 Å². The first-order valence-corrected chi connectivity index (χ1v) is 12.1. The van der Waals surface area contributed by atoms with Gasteiger partial charge in [-0.1, -0.05) is 48.2 Å². The lowest BCUT2D eigenvalue weighted by Crippen LogP contribution is -2.25. The van der Waals surface area contributed by atoms with Gasteiger partial charge in [0, 0.05) is 37.2 Å². The minimum atomic E-state index is -0.594. The van der Waals surface area contributed by atoms with Crippen LogP contribution in [0.25, 0.3) is 20.2 Å². The van der Waals surface area contributed by atoms with Gasteiger partial charge in [0.2, 0.25) is 0 Å². The molecule has 31 heavy (non-hydrogen) atoms. The van der Waals surface area contributed by atoms with Crippen LogP contribution in [0.15, 0.2) is 90.8 Å². The van der Waals surface area contributed by atoms with Gasteiger partial charge in [0.25, 0.3) is 0 Å². The standard InChI is InChI=1S/C25H13FO2S3/c26-14-7-5-6-13(12-14)19-20-22(27)15-8-1-3-10-17(15)29-24(20)31-25-21(19)23(28)16-9-2-4-11-18(16)30-25/h1-12,19H. The van der Waals surface area contributed by atoms with Crippen LogP contribution < -0.4 is 10.9 Å². The summed E-state index contributed by atoms with van der Waals surface area (Å²) >= 11 is 4.60. The second-order valence-corrected chi connectivity index (χ2v) is 11.0. The van der Waals surface area contributed by atoms with E-state index in [4.69, 9.17) is 0 Å². The Kier molecular flexibility index (Phi) is 4.35. The molecule has 150 valence electrons. The second-order valence-electron chi connectivity index (χ2n) is 7.35. The molecule has 0 spiro atoms.